The van der Waals surface area contributed by atoms with Crippen molar-refractivity contribution in [1.82, 2.24) is 35.5 Å². The van der Waals surface area contributed by atoms with Gasteiger partial charge in [-0.05, 0) is 0 Å². The van der Waals surface area contributed by atoms with Crippen molar-refractivity contribution in [3.63, 3.8) is 0 Å². The summed E-state index contributed by atoms with van der Waals surface area (Å²) >= 11 is 0. The molecule has 2 heterocycles. The summed E-state index contributed by atoms with van der Waals surface area (Å²) in [7, 11) is 1.86. The fourth-order valence-corrected chi connectivity index (χ4v) is 1.22. The van der Waals surface area contributed by atoms with E-state index in [1.54, 1.807) is 6.33 Å². The van der Waals surface area contributed by atoms with Crippen molar-refractivity contribution in [1.29, 1.82) is 0 Å². The van der Waals surface area contributed by atoms with Crippen LogP contribution in [0, 0.1) is 0 Å². The molecule has 0 saturated carbocycles. The van der Waals surface area contributed by atoms with Crippen molar-refractivity contribution in [2.45, 2.75) is 6.42 Å². The minimum absolute atomic E-state index is 0.254. The van der Waals surface area contributed by atoms with Gasteiger partial charge >= 0.3 is 0 Å². The average Bonchev–Trinajstić information content (AvgIpc) is 2.90. The van der Waals surface area contributed by atoms with Gasteiger partial charge in [0, 0.05) is 20.0 Å². The molecule has 2 aromatic heterocycles. The van der Waals surface area contributed by atoms with E-state index in [2.05, 4.69) is 30.9 Å². The van der Waals surface area contributed by atoms with E-state index < -0.39 is 0 Å². The average molecular weight is 221 g/mol. The number of carbonyl (C=O) groups is 1. The van der Waals surface area contributed by atoms with Gasteiger partial charge in [-0.25, -0.2) is 0 Å². The molecular weight excluding hydrogens is 210 g/mol. The normalized spacial score (nSPS) is 10.3. The van der Waals surface area contributed by atoms with Gasteiger partial charge in [0.15, 0.2) is 5.69 Å². The Hall–Kier alpha value is -2.25. The van der Waals surface area contributed by atoms with Crippen LogP contribution >= 0.6 is 0 Å². The summed E-state index contributed by atoms with van der Waals surface area (Å²) in [4.78, 5) is 11.4. The summed E-state index contributed by atoms with van der Waals surface area (Å²) in [5.74, 6) is 0.566. The predicted octanol–water partition coefficient (Wildman–Crippen LogP) is -1.09. The molecule has 1 amide bonds. The van der Waals surface area contributed by atoms with E-state index >= 15 is 0 Å². The van der Waals surface area contributed by atoms with E-state index in [0.29, 0.717) is 13.0 Å². The number of hydrogen-bond acceptors (Lipinski definition) is 5. The molecule has 0 aliphatic heterocycles. The van der Waals surface area contributed by atoms with Crippen LogP contribution < -0.4 is 5.32 Å². The highest BCUT2D eigenvalue weighted by molar-refractivity contribution is 5.91. The molecule has 0 saturated heterocycles. The van der Waals surface area contributed by atoms with Crippen LogP contribution in [0.4, 0.5) is 0 Å². The van der Waals surface area contributed by atoms with Crippen molar-refractivity contribution in [3.05, 3.63) is 24.0 Å². The summed E-state index contributed by atoms with van der Waals surface area (Å²) in [6.45, 7) is 0.484. The third-order valence-electron chi connectivity index (χ3n) is 2.09. The second-order valence-corrected chi connectivity index (χ2v) is 3.22. The maximum absolute atomic E-state index is 11.4. The molecule has 16 heavy (non-hydrogen) atoms. The van der Waals surface area contributed by atoms with E-state index in [0.717, 1.165) is 5.82 Å². The van der Waals surface area contributed by atoms with E-state index in [4.69, 9.17) is 0 Å². The number of rotatable bonds is 4. The maximum Gasteiger partial charge on any atom is 0.273 e. The van der Waals surface area contributed by atoms with Crippen molar-refractivity contribution in [2.75, 3.05) is 6.54 Å². The standard InChI is InChI=1S/C8H11N7O/c1-15-5-11-13-7(15)2-3-9-8(16)6-4-10-14-12-6/h4-5H,2-3H2,1H3,(H,9,16)(H,10,12,14). The highest BCUT2D eigenvalue weighted by Gasteiger charge is 2.08. The van der Waals surface area contributed by atoms with E-state index in [1.807, 2.05) is 11.6 Å². The molecule has 0 atom stereocenters. The Kier molecular flexibility index (Phi) is 2.90. The molecule has 2 N–H and O–H groups in total. The van der Waals surface area contributed by atoms with Crippen molar-refractivity contribution in [2.24, 2.45) is 7.05 Å². The third kappa shape index (κ3) is 2.22. The number of amides is 1. The molecule has 0 aliphatic carbocycles. The van der Waals surface area contributed by atoms with Crippen LogP contribution in [0.15, 0.2) is 12.5 Å². The first-order chi connectivity index (χ1) is 7.77. The van der Waals surface area contributed by atoms with Gasteiger partial charge in [-0.1, -0.05) is 0 Å². The zero-order valence-corrected chi connectivity index (χ0v) is 8.71. The van der Waals surface area contributed by atoms with Gasteiger partial charge in [0.2, 0.25) is 0 Å². The number of hydrogen-bond donors (Lipinski definition) is 2. The van der Waals surface area contributed by atoms with E-state index in [1.165, 1.54) is 6.20 Å². The lowest BCUT2D eigenvalue weighted by atomic mass is 10.3. The number of aromatic nitrogens is 6. The second-order valence-electron chi connectivity index (χ2n) is 3.22. The van der Waals surface area contributed by atoms with Crippen LogP contribution in [0.2, 0.25) is 0 Å². The molecule has 2 aromatic rings. The molecule has 0 spiro atoms. The number of H-pyrrole nitrogens is 1. The van der Waals surface area contributed by atoms with Crippen molar-refractivity contribution in [3.8, 4) is 0 Å². The topological polar surface area (TPSA) is 101 Å². The zero-order valence-electron chi connectivity index (χ0n) is 8.71. The molecule has 0 fully saturated rings. The summed E-state index contributed by atoms with van der Waals surface area (Å²) in [6.07, 6.45) is 3.62. The minimum atomic E-state index is -0.254. The van der Waals surface area contributed by atoms with Crippen LogP contribution in [0.25, 0.3) is 0 Å². The van der Waals surface area contributed by atoms with Crippen LogP contribution in [-0.4, -0.2) is 42.6 Å². The molecule has 0 radical (unpaired) electrons. The van der Waals surface area contributed by atoms with Crippen LogP contribution in [0.1, 0.15) is 16.3 Å². The smallest absolute Gasteiger partial charge is 0.273 e. The van der Waals surface area contributed by atoms with Gasteiger partial charge in [-0.15, -0.1) is 10.2 Å². The first-order valence-corrected chi connectivity index (χ1v) is 4.74. The Balaban J connectivity index is 1.81. The summed E-state index contributed by atoms with van der Waals surface area (Å²) in [5.41, 5.74) is 0.276. The maximum atomic E-state index is 11.4. The quantitative estimate of drug-likeness (QED) is 0.682. The van der Waals surface area contributed by atoms with Gasteiger partial charge in [-0.2, -0.15) is 15.4 Å². The fourth-order valence-electron chi connectivity index (χ4n) is 1.22. The van der Waals surface area contributed by atoms with Gasteiger partial charge < -0.3 is 9.88 Å². The Morgan fingerprint density at radius 1 is 1.62 bits per heavy atom. The molecule has 2 rings (SSSR count). The van der Waals surface area contributed by atoms with Gasteiger partial charge in [0.25, 0.3) is 5.91 Å². The SMILES string of the molecule is Cn1cnnc1CCNC(=O)c1cn[nH]n1. The van der Waals surface area contributed by atoms with Crippen LogP contribution in [0.5, 0.6) is 0 Å². The highest BCUT2D eigenvalue weighted by Crippen LogP contribution is 1.92. The fraction of sp³-hybridized carbons (Fsp3) is 0.375. The summed E-state index contributed by atoms with van der Waals surface area (Å²) in [5, 5.41) is 19.9. The molecule has 0 aromatic carbocycles. The molecule has 8 nitrogen and oxygen atoms in total. The second kappa shape index (κ2) is 4.51. The lowest BCUT2D eigenvalue weighted by Crippen LogP contribution is -2.26. The third-order valence-corrected chi connectivity index (χ3v) is 2.09. The highest BCUT2D eigenvalue weighted by atomic mass is 16.1. The molecule has 8 heteroatoms. The minimum Gasteiger partial charge on any atom is -0.350 e. The van der Waals surface area contributed by atoms with Gasteiger partial charge in [-0.3, -0.25) is 4.79 Å². The van der Waals surface area contributed by atoms with Crippen molar-refractivity contribution >= 4 is 5.91 Å². The lowest BCUT2D eigenvalue weighted by molar-refractivity contribution is 0.0949. The largest absolute Gasteiger partial charge is 0.350 e. The van der Waals surface area contributed by atoms with E-state index in [-0.39, 0.29) is 11.6 Å². The molecule has 0 aliphatic rings. The number of aryl methyl sites for hydroxylation is 1. The van der Waals surface area contributed by atoms with Crippen molar-refractivity contribution < 1.29 is 4.79 Å². The number of aromatic amines is 1. The summed E-state index contributed by atoms with van der Waals surface area (Å²) < 4.78 is 1.81. The Morgan fingerprint density at radius 3 is 3.12 bits per heavy atom. The number of nitrogens with zero attached hydrogens (tertiary/aromatic N) is 5. The Morgan fingerprint density at radius 2 is 2.50 bits per heavy atom. The van der Waals surface area contributed by atoms with Crippen LogP contribution in [-0.2, 0) is 13.5 Å². The summed E-state index contributed by atoms with van der Waals surface area (Å²) in [6, 6.07) is 0. The monoisotopic (exact) mass is 221 g/mol. The lowest BCUT2D eigenvalue weighted by Gasteiger charge is -2.02. The first kappa shape index (κ1) is 10.3. The molecular formula is C8H11N7O. The number of carbonyl (C=O) groups excluding carboxylic acids is 1. The zero-order chi connectivity index (χ0) is 11.4. The molecule has 84 valence electrons. The van der Waals surface area contributed by atoms with Gasteiger partial charge in [0.05, 0.1) is 6.20 Å². The first-order valence-electron chi connectivity index (χ1n) is 4.74. The van der Waals surface area contributed by atoms with E-state index in [9.17, 15) is 4.79 Å². The Bertz CT molecular complexity index is 460. The molecule has 0 bridgehead atoms. The molecule has 0 unspecified atom stereocenters. The Labute approximate surface area is 91.1 Å². The predicted molar refractivity (Wildman–Crippen MR) is 53.4 cm³/mol. The van der Waals surface area contributed by atoms with Gasteiger partial charge in [0.1, 0.15) is 12.2 Å². The van der Waals surface area contributed by atoms with Crippen LogP contribution in [0.3, 0.4) is 0 Å². The number of nitrogens with one attached hydrogen (secondary N) is 2.